The summed E-state index contributed by atoms with van der Waals surface area (Å²) in [5.41, 5.74) is 0.960. The number of aromatic nitrogens is 1. The zero-order valence-corrected chi connectivity index (χ0v) is 12.2. The molecule has 2 fully saturated rings. The van der Waals surface area contributed by atoms with Gasteiger partial charge in [0.1, 0.15) is 6.04 Å². The first-order valence-electron chi connectivity index (χ1n) is 6.73. The highest BCUT2D eigenvalue weighted by Crippen LogP contribution is 2.47. The van der Waals surface area contributed by atoms with E-state index in [9.17, 15) is 9.59 Å². The van der Waals surface area contributed by atoms with Gasteiger partial charge in [-0.15, -0.1) is 11.8 Å². The molecule has 3 heterocycles. The Morgan fingerprint density at radius 3 is 3.25 bits per heavy atom. The van der Waals surface area contributed by atoms with Crippen molar-refractivity contribution in [3.8, 4) is 0 Å². The minimum atomic E-state index is -0.336. The smallest absolute Gasteiger partial charge is 0.243 e. The lowest BCUT2D eigenvalue weighted by Gasteiger charge is -2.29. The fourth-order valence-electron chi connectivity index (χ4n) is 2.82. The summed E-state index contributed by atoms with van der Waals surface area (Å²) in [5, 5.41) is 2.91. The molecule has 2 saturated heterocycles. The lowest BCUT2D eigenvalue weighted by Crippen LogP contribution is -2.49. The van der Waals surface area contributed by atoms with E-state index in [1.165, 1.54) is 0 Å². The van der Waals surface area contributed by atoms with Gasteiger partial charge in [0.25, 0.3) is 0 Å². The zero-order valence-electron chi connectivity index (χ0n) is 11.3. The number of nitrogens with one attached hydrogen (secondary N) is 1. The highest BCUT2D eigenvalue weighted by molar-refractivity contribution is 8.01. The van der Waals surface area contributed by atoms with E-state index in [0.29, 0.717) is 18.7 Å². The molecule has 1 N–H and O–H groups in total. The normalized spacial score (nSPS) is 28.6. The van der Waals surface area contributed by atoms with Crippen LogP contribution in [0, 0.1) is 0 Å². The van der Waals surface area contributed by atoms with E-state index in [2.05, 4.69) is 17.2 Å². The van der Waals surface area contributed by atoms with E-state index < -0.39 is 0 Å². The molecule has 0 unspecified atom stereocenters. The first kappa shape index (κ1) is 13.4. The summed E-state index contributed by atoms with van der Waals surface area (Å²) in [7, 11) is 0. The highest BCUT2D eigenvalue weighted by Gasteiger charge is 2.52. The third-order valence-corrected chi connectivity index (χ3v) is 5.44. The first-order valence-corrected chi connectivity index (χ1v) is 7.71. The van der Waals surface area contributed by atoms with Crippen molar-refractivity contribution < 1.29 is 9.59 Å². The third-order valence-electron chi connectivity index (χ3n) is 3.94. The average Bonchev–Trinajstić information content (AvgIpc) is 2.95. The van der Waals surface area contributed by atoms with E-state index >= 15 is 0 Å². The Morgan fingerprint density at radius 2 is 2.50 bits per heavy atom. The Labute approximate surface area is 122 Å². The number of carbonyl (C=O) groups is 2. The monoisotopic (exact) mass is 291 g/mol. The number of amides is 2. The van der Waals surface area contributed by atoms with Gasteiger partial charge in [-0.2, -0.15) is 0 Å². The molecule has 0 saturated carbocycles. The minimum absolute atomic E-state index is 0.0691. The largest absolute Gasteiger partial charge is 0.350 e. The maximum Gasteiger partial charge on any atom is 0.243 e. The van der Waals surface area contributed by atoms with Crippen molar-refractivity contribution in [1.82, 2.24) is 15.2 Å². The topological polar surface area (TPSA) is 62.3 Å². The minimum Gasteiger partial charge on any atom is -0.350 e. The summed E-state index contributed by atoms with van der Waals surface area (Å²) in [6, 6.07) is 3.42. The van der Waals surface area contributed by atoms with Gasteiger partial charge in [0.15, 0.2) is 0 Å². The lowest BCUT2D eigenvalue weighted by molar-refractivity contribution is -0.138. The molecule has 2 atom stereocenters. The van der Waals surface area contributed by atoms with E-state index in [-0.39, 0.29) is 22.7 Å². The summed E-state index contributed by atoms with van der Waals surface area (Å²) in [4.78, 5) is 29.9. The number of rotatable bonds is 3. The Balaban J connectivity index is 1.65. The average molecular weight is 291 g/mol. The number of pyridine rings is 1. The van der Waals surface area contributed by atoms with Crippen molar-refractivity contribution in [3.05, 3.63) is 30.1 Å². The summed E-state index contributed by atoms with van der Waals surface area (Å²) in [6.07, 6.45) is 4.82. The van der Waals surface area contributed by atoms with Crippen LogP contribution in [-0.2, 0) is 16.1 Å². The molecule has 2 aliphatic heterocycles. The summed E-state index contributed by atoms with van der Waals surface area (Å²) < 4.78 is 0. The number of fused-ring (bicyclic) bond motifs is 1. The van der Waals surface area contributed by atoms with Gasteiger partial charge >= 0.3 is 0 Å². The van der Waals surface area contributed by atoms with E-state index in [4.69, 9.17) is 0 Å². The van der Waals surface area contributed by atoms with Crippen LogP contribution in [0.1, 0.15) is 25.3 Å². The van der Waals surface area contributed by atoms with Crippen LogP contribution in [0.25, 0.3) is 0 Å². The molecule has 2 aliphatic rings. The predicted octanol–water partition coefficient (Wildman–Crippen LogP) is 1.15. The maximum absolute atomic E-state index is 12.3. The maximum atomic E-state index is 12.3. The van der Waals surface area contributed by atoms with E-state index in [1.807, 2.05) is 12.1 Å². The molecule has 0 aromatic carbocycles. The highest BCUT2D eigenvalue weighted by atomic mass is 32.2. The number of hydrogen-bond donors (Lipinski definition) is 1. The van der Waals surface area contributed by atoms with Gasteiger partial charge in [0.2, 0.25) is 11.8 Å². The molecule has 6 heteroatoms. The zero-order chi connectivity index (χ0) is 14.2. The quantitative estimate of drug-likeness (QED) is 0.907. The van der Waals surface area contributed by atoms with Gasteiger partial charge < -0.3 is 10.2 Å². The van der Waals surface area contributed by atoms with Crippen LogP contribution in [0.4, 0.5) is 0 Å². The standard InChI is InChI=1S/C14H17N3O2S/c1-14-5-4-12(18)17(14)11(9-20-14)13(19)16-8-10-3-2-6-15-7-10/h2-3,6-7,11H,4-5,8-9H2,1H3,(H,16,19)/t11-,14-/m1/s1. The van der Waals surface area contributed by atoms with Crippen molar-refractivity contribution in [3.63, 3.8) is 0 Å². The second kappa shape index (κ2) is 5.09. The molecule has 106 valence electrons. The van der Waals surface area contributed by atoms with Crippen LogP contribution in [0.2, 0.25) is 0 Å². The Bertz CT molecular complexity index is 536. The number of nitrogens with zero attached hydrogens (tertiary/aromatic N) is 2. The molecular weight excluding hydrogens is 274 g/mol. The summed E-state index contributed by atoms with van der Waals surface area (Å²) >= 11 is 1.71. The van der Waals surface area contributed by atoms with Gasteiger partial charge in [-0.3, -0.25) is 14.6 Å². The second-order valence-corrected chi connectivity index (χ2v) is 6.85. The molecule has 0 bridgehead atoms. The molecule has 0 aliphatic carbocycles. The SMILES string of the molecule is C[C@@]12CCC(=O)N1[C@@H](C(=O)NCc1cccnc1)CS2. The van der Waals surface area contributed by atoms with Crippen molar-refractivity contribution in [2.24, 2.45) is 0 Å². The van der Waals surface area contributed by atoms with Crippen LogP contribution in [-0.4, -0.2) is 38.4 Å². The molecule has 5 nitrogen and oxygen atoms in total. The molecule has 1 aromatic rings. The van der Waals surface area contributed by atoms with Crippen LogP contribution < -0.4 is 5.32 Å². The predicted molar refractivity (Wildman–Crippen MR) is 76.8 cm³/mol. The molecule has 20 heavy (non-hydrogen) atoms. The van der Waals surface area contributed by atoms with Gasteiger partial charge in [-0.25, -0.2) is 0 Å². The Kier molecular flexibility index (Phi) is 3.41. The molecular formula is C14H17N3O2S. The third kappa shape index (κ3) is 2.28. The fraction of sp³-hybridized carbons (Fsp3) is 0.500. The second-order valence-electron chi connectivity index (χ2n) is 5.34. The van der Waals surface area contributed by atoms with Gasteiger partial charge in [0.05, 0.1) is 4.87 Å². The summed E-state index contributed by atoms with van der Waals surface area (Å²) in [6.45, 7) is 2.50. The van der Waals surface area contributed by atoms with Crippen LogP contribution in [0.15, 0.2) is 24.5 Å². The van der Waals surface area contributed by atoms with E-state index in [0.717, 1.165) is 12.0 Å². The number of hydrogen-bond acceptors (Lipinski definition) is 4. The van der Waals surface area contributed by atoms with Crippen molar-refractivity contribution in [1.29, 1.82) is 0 Å². The van der Waals surface area contributed by atoms with Crippen molar-refractivity contribution >= 4 is 23.6 Å². The van der Waals surface area contributed by atoms with Crippen LogP contribution >= 0.6 is 11.8 Å². The van der Waals surface area contributed by atoms with Gasteiger partial charge in [0, 0.05) is 31.1 Å². The van der Waals surface area contributed by atoms with Gasteiger partial charge in [-0.1, -0.05) is 6.07 Å². The fourth-order valence-corrected chi connectivity index (χ4v) is 4.26. The van der Waals surface area contributed by atoms with Gasteiger partial charge in [-0.05, 0) is 25.0 Å². The first-order chi connectivity index (χ1) is 9.60. The Morgan fingerprint density at radius 1 is 1.65 bits per heavy atom. The van der Waals surface area contributed by atoms with Crippen molar-refractivity contribution in [2.45, 2.75) is 37.2 Å². The molecule has 0 spiro atoms. The molecule has 0 radical (unpaired) electrons. The Hall–Kier alpha value is -1.56. The van der Waals surface area contributed by atoms with Crippen LogP contribution in [0.3, 0.4) is 0 Å². The van der Waals surface area contributed by atoms with Crippen LogP contribution in [0.5, 0.6) is 0 Å². The van der Waals surface area contributed by atoms with E-state index in [1.54, 1.807) is 29.1 Å². The number of carbonyl (C=O) groups excluding carboxylic acids is 2. The van der Waals surface area contributed by atoms with Crippen molar-refractivity contribution in [2.75, 3.05) is 5.75 Å². The molecule has 2 amide bonds. The summed E-state index contributed by atoms with van der Waals surface area (Å²) in [5.74, 6) is 0.709. The molecule has 3 rings (SSSR count). The molecule has 1 aromatic heterocycles. The number of thioether (sulfide) groups is 1. The lowest BCUT2D eigenvalue weighted by atomic mass is 10.2.